The molecule has 0 saturated carbocycles. The molecule has 0 spiro atoms. The molecule has 1 heterocycles. The number of para-hydroxylation sites is 1. The van der Waals surface area contributed by atoms with E-state index in [2.05, 4.69) is 20.9 Å². The van der Waals surface area contributed by atoms with Crippen LogP contribution in [-0.2, 0) is 0 Å². The summed E-state index contributed by atoms with van der Waals surface area (Å²) in [6, 6.07) is 18.2. The monoisotopic (exact) mass is 442 g/mol. The van der Waals surface area contributed by atoms with Crippen molar-refractivity contribution in [2.45, 2.75) is 23.7 Å². The standard InChI is InChI=1S/C22H20F2N4O2S/c1-14(26-19(29)18-8-5-13-25-20(18)31-21(23)24)15-9-11-17(12-10-15)28-22(30)27-16-6-3-2-4-7-16/h2-14,21H,1H3,(H,26,29)(H2,27,28,30). The maximum absolute atomic E-state index is 12.7. The molecule has 3 amide bonds. The maximum Gasteiger partial charge on any atom is 0.323 e. The first-order valence-corrected chi connectivity index (χ1v) is 10.2. The predicted octanol–water partition coefficient (Wildman–Crippen LogP) is 5.53. The number of rotatable bonds is 7. The number of carbonyl (C=O) groups is 2. The lowest BCUT2D eigenvalue weighted by molar-refractivity contribution is 0.0936. The molecule has 31 heavy (non-hydrogen) atoms. The average Bonchev–Trinajstić information content (AvgIpc) is 2.74. The largest absolute Gasteiger partial charge is 0.345 e. The highest BCUT2D eigenvalue weighted by atomic mass is 32.2. The van der Waals surface area contributed by atoms with Gasteiger partial charge in [0, 0.05) is 17.6 Å². The molecule has 3 N–H and O–H groups in total. The van der Waals surface area contributed by atoms with E-state index in [1.807, 2.05) is 18.2 Å². The van der Waals surface area contributed by atoms with Gasteiger partial charge in [-0.1, -0.05) is 30.3 Å². The Morgan fingerprint density at radius 3 is 2.19 bits per heavy atom. The lowest BCUT2D eigenvalue weighted by Gasteiger charge is -2.16. The lowest BCUT2D eigenvalue weighted by atomic mass is 10.1. The quantitative estimate of drug-likeness (QED) is 0.420. The minimum absolute atomic E-state index is 0.0221. The predicted molar refractivity (Wildman–Crippen MR) is 118 cm³/mol. The van der Waals surface area contributed by atoms with Crippen molar-refractivity contribution in [3.8, 4) is 0 Å². The number of benzene rings is 2. The van der Waals surface area contributed by atoms with Gasteiger partial charge in [0.2, 0.25) is 0 Å². The SMILES string of the molecule is CC(NC(=O)c1cccnc1SC(F)F)c1ccc(NC(=O)Nc2ccccc2)cc1. The first-order chi connectivity index (χ1) is 14.9. The van der Waals surface area contributed by atoms with E-state index in [9.17, 15) is 18.4 Å². The van der Waals surface area contributed by atoms with Crippen LogP contribution in [0.4, 0.5) is 25.0 Å². The van der Waals surface area contributed by atoms with Crippen molar-refractivity contribution >= 4 is 35.1 Å². The van der Waals surface area contributed by atoms with Gasteiger partial charge < -0.3 is 16.0 Å². The van der Waals surface area contributed by atoms with Crippen molar-refractivity contribution in [1.82, 2.24) is 10.3 Å². The number of anilines is 2. The van der Waals surface area contributed by atoms with E-state index < -0.39 is 11.7 Å². The third-order valence-corrected chi connectivity index (χ3v) is 4.99. The second-order valence-electron chi connectivity index (χ2n) is 6.50. The minimum atomic E-state index is -2.67. The number of urea groups is 1. The third kappa shape index (κ3) is 6.51. The molecular weight excluding hydrogens is 422 g/mol. The molecule has 3 aromatic rings. The van der Waals surface area contributed by atoms with Crippen molar-refractivity contribution < 1.29 is 18.4 Å². The van der Waals surface area contributed by atoms with Gasteiger partial charge in [0.05, 0.1) is 11.6 Å². The van der Waals surface area contributed by atoms with Crippen LogP contribution < -0.4 is 16.0 Å². The van der Waals surface area contributed by atoms with E-state index in [1.54, 1.807) is 43.3 Å². The van der Waals surface area contributed by atoms with Crippen LogP contribution in [0, 0.1) is 0 Å². The molecule has 1 atom stereocenters. The number of amides is 3. The molecule has 3 rings (SSSR count). The van der Waals surface area contributed by atoms with Gasteiger partial charge in [-0.3, -0.25) is 4.79 Å². The zero-order valence-electron chi connectivity index (χ0n) is 16.5. The third-order valence-electron chi connectivity index (χ3n) is 4.26. The fourth-order valence-corrected chi connectivity index (χ4v) is 3.35. The number of halogens is 2. The number of carbonyl (C=O) groups excluding carboxylic acids is 2. The Morgan fingerprint density at radius 2 is 1.55 bits per heavy atom. The van der Waals surface area contributed by atoms with E-state index in [0.29, 0.717) is 11.4 Å². The van der Waals surface area contributed by atoms with Crippen LogP contribution in [-0.4, -0.2) is 22.7 Å². The number of nitrogens with one attached hydrogen (secondary N) is 3. The van der Waals surface area contributed by atoms with E-state index in [4.69, 9.17) is 0 Å². The number of nitrogens with zero attached hydrogens (tertiary/aromatic N) is 1. The van der Waals surface area contributed by atoms with Crippen LogP contribution in [0.5, 0.6) is 0 Å². The van der Waals surface area contributed by atoms with E-state index in [-0.39, 0.29) is 34.4 Å². The molecule has 1 aromatic heterocycles. The van der Waals surface area contributed by atoms with Crippen molar-refractivity contribution in [3.05, 3.63) is 84.1 Å². The normalized spacial score (nSPS) is 11.6. The number of alkyl halides is 2. The summed E-state index contributed by atoms with van der Waals surface area (Å²) in [4.78, 5) is 28.5. The Balaban J connectivity index is 1.59. The summed E-state index contributed by atoms with van der Waals surface area (Å²) in [6.07, 6.45) is 1.37. The van der Waals surface area contributed by atoms with E-state index in [0.717, 1.165) is 5.56 Å². The van der Waals surface area contributed by atoms with Crippen molar-refractivity contribution in [2.24, 2.45) is 0 Å². The highest BCUT2D eigenvalue weighted by molar-refractivity contribution is 7.99. The van der Waals surface area contributed by atoms with Crippen LogP contribution in [0.2, 0.25) is 0 Å². The molecule has 9 heteroatoms. The van der Waals surface area contributed by atoms with Crippen LogP contribution >= 0.6 is 11.8 Å². The Bertz CT molecular complexity index is 1030. The summed E-state index contributed by atoms with van der Waals surface area (Å²) in [5, 5.41) is 8.21. The van der Waals surface area contributed by atoms with Gasteiger partial charge in [-0.2, -0.15) is 8.78 Å². The summed E-state index contributed by atoms with van der Waals surface area (Å²) < 4.78 is 25.4. The summed E-state index contributed by atoms with van der Waals surface area (Å²) in [5.74, 6) is -3.16. The number of thioether (sulfide) groups is 1. The molecule has 0 radical (unpaired) electrons. The van der Waals surface area contributed by atoms with Gasteiger partial charge in [-0.05, 0) is 60.6 Å². The highest BCUT2D eigenvalue weighted by Crippen LogP contribution is 2.27. The molecule has 0 fully saturated rings. The van der Waals surface area contributed by atoms with Crippen molar-refractivity contribution in [1.29, 1.82) is 0 Å². The number of pyridine rings is 1. The van der Waals surface area contributed by atoms with Crippen molar-refractivity contribution in [3.63, 3.8) is 0 Å². The van der Waals surface area contributed by atoms with Crippen LogP contribution in [0.1, 0.15) is 28.9 Å². The molecule has 2 aromatic carbocycles. The van der Waals surface area contributed by atoms with Gasteiger partial charge in [0.1, 0.15) is 5.03 Å². The highest BCUT2D eigenvalue weighted by Gasteiger charge is 2.18. The smallest absolute Gasteiger partial charge is 0.323 e. The fraction of sp³-hybridized carbons (Fsp3) is 0.136. The van der Waals surface area contributed by atoms with E-state index >= 15 is 0 Å². The second kappa shape index (κ2) is 10.5. The Hall–Kier alpha value is -3.46. The first kappa shape index (κ1) is 22.2. The zero-order chi connectivity index (χ0) is 22.2. The van der Waals surface area contributed by atoms with Gasteiger partial charge in [-0.25, -0.2) is 9.78 Å². The fourth-order valence-electron chi connectivity index (χ4n) is 2.77. The molecule has 0 aliphatic carbocycles. The first-order valence-electron chi connectivity index (χ1n) is 9.36. The zero-order valence-corrected chi connectivity index (χ0v) is 17.3. The molecule has 160 valence electrons. The topological polar surface area (TPSA) is 83.1 Å². The molecule has 0 aliphatic heterocycles. The maximum atomic E-state index is 12.7. The van der Waals surface area contributed by atoms with Gasteiger partial charge in [0.25, 0.3) is 11.7 Å². The molecule has 0 saturated heterocycles. The van der Waals surface area contributed by atoms with E-state index in [1.165, 1.54) is 18.3 Å². The summed E-state index contributed by atoms with van der Waals surface area (Å²) >= 11 is 0.233. The number of hydrogen-bond acceptors (Lipinski definition) is 4. The van der Waals surface area contributed by atoms with Gasteiger partial charge in [-0.15, -0.1) is 0 Å². The average molecular weight is 442 g/mol. The van der Waals surface area contributed by atoms with Crippen LogP contribution in [0.15, 0.2) is 78.0 Å². The minimum Gasteiger partial charge on any atom is -0.345 e. The lowest BCUT2D eigenvalue weighted by Crippen LogP contribution is -2.27. The molecule has 1 unspecified atom stereocenters. The molecular formula is C22H20F2N4O2S. The van der Waals surface area contributed by atoms with Crippen LogP contribution in [0.25, 0.3) is 0 Å². The Kier molecular flexibility index (Phi) is 7.55. The van der Waals surface area contributed by atoms with Gasteiger partial charge >= 0.3 is 6.03 Å². The summed E-state index contributed by atoms with van der Waals surface area (Å²) in [5.41, 5.74) is 2.14. The number of hydrogen-bond donors (Lipinski definition) is 3. The molecule has 6 nitrogen and oxygen atoms in total. The molecule has 0 bridgehead atoms. The van der Waals surface area contributed by atoms with Crippen molar-refractivity contribution in [2.75, 3.05) is 10.6 Å². The molecule has 0 aliphatic rings. The number of aromatic nitrogens is 1. The Labute approximate surface area is 182 Å². The summed E-state index contributed by atoms with van der Waals surface area (Å²) in [7, 11) is 0. The second-order valence-corrected chi connectivity index (χ2v) is 7.48. The Morgan fingerprint density at radius 1 is 0.903 bits per heavy atom. The summed E-state index contributed by atoms with van der Waals surface area (Å²) in [6.45, 7) is 1.78. The van der Waals surface area contributed by atoms with Gasteiger partial charge in [0.15, 0.2) is 0 Å². The van der Waals surface area contributed by atoms with Crippen LogP contribution in [0.3, 0.4) is 0 Å².